The van der Waals surface area contributed by atoms with Gasteiger partial charge in [0.2, 0.25) is 5.56 Å². The van der Waals surface area contributed by atoms with Gasteiger partial charge in [0.25, 0.3) is 5.91 Å². The van der Waals surface area contributed by atoms with Crippen LogP contribution in [0.15, 0.2) is 59.4 Å². The molecule has 0 aliphatic rings. The number of amides is 1. The number of benzene rings is 2. The first-order valence-electron chi connectivity index (χ1n) is 6.93. The molecular formula is C17H13FN2O3. The molecule has 0 aliphatic heterocycles. The Morgan fingerprint density at radius 1 is 1.09 bits per heavy atom. The Balaban J connectivity index is 1.73. The van der Waals surface area contributed by atoms with E-state index in [0.717, 1.165) is 5.39 Å². The van der Waals surface area contributed by atoms with Crippen LogP contribution in [0.1, 0.15) is 0 Å². The minimum Gasteiger partial charge on any atom is -0.482 e. The number of ether oxygens (including phenoxy) is 1. The van der Waals surface area contributed by atoms with Gasteiger partial charge in [0.05, 0.1) is 11.2 Å². The third kappa shape index (κ3) is 3.37. The first-order valence-corrected chi connectivity index (χ1v) is 6.93. The van der Waals surface area contributed by atoms with Gasteiger partial charge < -0.3 is 15.0 Å². The molecule has 0 aliphatic carbocycles. The summed E-state index contributed by atoms with van der Waals surface area (Å²) in [4.78, 5) is 26.0. The Kier molecular flexibility index (Phi) is 4.05. The van der Waals surface area contributed by atoms with Crippen molar-refractivity contribution in [3.8, 4) is 5.75 Å². The molecule has 116 valence electrons. The minimum absolute atomic E-state index is 0.0902. The lowest BCUT2D eigenvalue weighted by atomic mass is 10.2. The molecule has 0 unspecified atom stereocenters. The summed E-state index contributed by atoms with van der Waals surface area (Å²) in [6.07, 6.45) is 0. The van der Waals surface area contributed by atoms with Gasteiger partial charge in [-0.05, 0) is 24.3 Å². The van der Waals surface area contributed by atoms with Crippen molar-refractivity contribution < 1.29 is 13.9 Å². The number of para-hydroxylation sites is 2. The number of anilines is 1. The van der Waals surface area contributed by atoms with Gasteiger partial charge >= 0.3 is 0 Å². The number of H-pyrrole nitrogens is 1. The molecule has 2 aromatic carbocycles. The Morgan fingerprint density at radius 2 is 1.91 bits per heavy atom. The highest BCUT2D eigenvalue weighted by Crippen LogP contribution is 2.22. The number of halogens is 1. The SMILES string of the molecule is O=C(COc1cccc2ccc(=O)[nH]c12)Nc1ccccc1F. The number of carbonyl (C=O) groups is 1. The van der Waals surface area contributed by atoms with E-state index >= 15 is 0 Å². The van der Waals surface area contributed by atoms with Crippen LogP contribution in [0.25, 0.3) is 10.9 Å². The molecule has 0 saturated heterocycles. The fourth-order valence-electron chi connectivity index (χ4n) is 2.16. The number of aromatic nitrogens is 1. The number of pyridine rings is 1. The normalized spacial score (nSPS) is 10.5. The predicted octanol–water partition coefficient (Wildman–Crippen LogP) is 2.68. The molecule has 23 heavy (non-hydrogen) atoms. The molecular weight excluding hydrogens is 299 g/mol. The Labute approximate surface area is 130 Å². The summed E-state index contributed by atoms with van der Waals surface area (Å²) in [6.45, 7) is -0.301. The van der Waals surface area contributed by atoms with Gasteiger partial charge in [-0.15, -0.1) is 0 Å². The summed E-state index contributed by atoms with van der Waals surface area (Å²) in [7, 11) is 0. The zero-order valence-corrected chi connectivity index (χ0v) is 12.0. The topological polar surface area (TPSA) is 71.2 Å². The number of fused-ring (bicyclic) bond motifs is 1. The molecule has 0 spiro atoms. The van der Waals surface area contributed by atoms with Crippen molar-refractivity contribution in [2.24, 2.45) is 0 Å². The first kappa shape index (κ1) is 14.8. The van der Waals surface area contributed by atoms with Crippen LogP contribution in [0.4, 0.5) is 10.1 Å². The highest BCUT2D eigenvalue weighted by molar-refractivity contribution is 5.92. The molecule has 1 aromatic heterocycles. The number of rotatable bonds is 4. The molecule has 1 amide bonds. The van der Waals surface area contributed by atoms with E-state index in [4.69, 9.17) is 4.74 Å². The Morgan fingerprint density at radius 3 is 2.74 bits per heavy atom. The molecule has 0 fully saturated rings. The van der Waals surface area contributed by atoms with E-state index in [1.807, 2.05) is 6.07 Å². The second-order valence-electron chi connectivity index (χ2n) is 4.86. The molecule has 1 heterocycles. The lowest BCUT2D eigenvalue weighted by Gasteiger charge is -2.10. The smallest absolute Gasteiger partial charge is 0.262 e. The quantitative estimate of drug-likeness (QED) is 0.778. The van der Waals surface area contributed by atoms with Crippen LogP contribution < -0.4 is 15.6 Å². The van der Waals surface area contributed by atoms with Crippen molar-refractivity contribution in [2.75, 3.05) is 11.9 Å². The molecule has 2 N–H and O–H groups in total. The van der Waals surface area contributed by atoms with Crippen molar-refractivity contribution in [3.05, 3.63) is 70.8 Å². The maximum atomic E-state index is 13.5. The maximum absolute atomic E-state index is 13.5. The van der Waals surface area contributed by atoms with Gasteiger partial charge in [-0.2, -0.15) is 0 Å². The number of carbonyl (C=O) groups excluding carboxylic acids is 1. The van der Waals surface area contributed by atoms with E-state index in [1.165, 1.54) is 24.3 Å². The van der Waals surface area contributed by atoms with Crippen LogP contribution in [0.3, 0.4) is 0 Å². The van der Waals surface area contributed by atoms with Crippen LogP contribution >= 0.6 is 0 Å². The molecule has 0 atom stereocenters. The summed E-state index contributed by atoms with van der Waals surface area (Å²) in [5.41, 5.74) is 0.343. The zero-order valence-electron chi connectivity index (χ0n) is 12.0. The van der Waals surface area contributed by atoms with E-state index in [-0.39, 0.29) is 17.9 Å². The maximum Gasteiger partial charge on any atom is 0.262 e. The van der Waals surface area contributed by atoms with Crippen LogP contribution in [-0.4, -0.2) is 17.5 Å². The van der Waals surface area contributed by atoms with Gasteiger partial charge in [-0.25, -0.2) is 4.39 Å². The van der Waals surface area contributed by atoms with E-state index in [0.29, 0.717) is 11.3 Å². The van der Waals surface area contributed by atoms with Gasteiger partial charge in [-0.1, -0.05) is 24.3 Å². The van der Waals surface area contributed by atoms with Crippen LogP contribution in [0, 0.1) is 5.82 Å². The molecule has 0 bridgehead atoms. The predicted molar refractivity (Wildman–Crippen MR) is 85.1 cm³/mol. The first-order chi connectivity index (χ1) is 11.1. The number of hydrogen-bond acceptors (Lipinski definition) is 3. The van der Waals surface area contributed by atoms with Gasteiger partial charge in [0.1, 0.15) is 11.6 Å². The second kappa shape index (κ2) is 6.31. The average molecular weight is 312 g/mol. The lowest BCUT2D eigenvalue weighted by molar-refractivity contribution is -0.118. The van der Waals surface area contributed by atoms with Crippen LogP contribution in [0.5, 0.6) is 5.75 Å². The highest BCUT2D eigenvalue weighted by atomic mass is 19.1. The van der Waals surface area contributed by atoms with Gasteiger partial charge in [0, 0.05) is 11.5 Å². The summed E-state index contributed by atoms with van der Waals surface area (Å²) in [6, 6.07) is 14.2. The Hall–Kier alpha value is -3.15. The zero-order chi connectivity index (χ0) is 16.2. The Bertz CT molecular complexity index is 921. The molecule has 3 rings (SSSR count). The van der Waals surface area contributed by atoms with Crippen molar-refractivity contribution in [3.63, 3.8) is 0 Å². The summed E-state index contributed by atoms with van der Waals surface area (Å²) >= 11 is 0. The van der Waals surface area contributed by atoms with Crippen LogP contribution in [-0.2, 0) is 4.79 Å². The van der Waals surface area contributed by atoms with E-state index in [9.17, 15) is 14.0 Å². The van der Waals surface area contributed by atoms with E-state index in [1.54, 1.807) is 24.3 Å². The fraction of sp³-hybridized carbons (Fsp3) is 0.0588. The standard InChI is InChI=1S/C17H13FN2O3/c18-12-5-1-2-6-13(12)19-16(22)10-23-14-7-3-4-11-8-9-15(21)20-17(11)14/h1-9H,10H2,(H,19,22)(H,20,21). The number of hydrogen-bond donors (Lipinski definition) is 2. The van der Waals surface area contributed by atoms with Crippen LogP contribution in [0.2, 0.25) is 0 Å². The third-order valence-electron chi connectivity index (χ3n) is 3.23. The summed E-state index contributed by atoms with van der Waals surface area (Å²) < 4.78 is 18.9. The largest absolute Gasteiger partial charge is 0.482 e. The number of nitrogens with one attached hydrogen (secondary N) is 2. The summed E-state index contributed by atoms with van der Waals surface area (Å²) in [5.74, 6) is -0.635. The van der Waals surface area contributed by atoms with E-state index < -0.39 is 11.7 Å². The lowest BCUT2D eigenvalue weighted by Crippen LogP contribution is -2.21. The van der Waals surface area contributed by atoms with Crippen molar-refractivity contribution >= 4 is 22.5 Å². The summed E-state index contributed by atoms with van der Waals surface area (Å²) in [5, 5.41) is 3.22. The van der Waals surface area contributed by atoms with Crippen molar-refractivity contribution in [1.82, 2.24) is 4.98 Å². The van der Waals surface area contributed by atoms with Crippen molar-refractivity contribution in [1.29, 1.82) is 0 Å². The highest BCUT2D eigenvalue weighted by Gasteiger charge is 2.09. The molecule has 0 radical (unpaired) electrons. The number of aromatic amines is 1. The molecule has 5 nitrogen and oxygen atoms in total. The van der Waals surface area contributed by atoms with Crippen molar-refractivity contribution in [2.45, 2.75) is 0 Å². The molecule has 0 saturated carbocycles. The molecule has 6 heteroatoms. The van der Waals surface area contributed by atoms with Gasteiger partial charge in [-0.3, -0.25) is 9.59 Å². The second-order valence-corrected chi connectivity index (χ2v) is 4.86. The van der Waals surface area contributed by atoms with E-state index in [2.05, 4.69) is 10.3 Å². The molecule has 3 aromatic rings. The fourth-order valence-corrected chi connectivity index (χ4v) is 2.16. The van der Waals surface area contributed by atoms with Gasteiger partial charge in [0.15, 0.2) is 6.61 Å². The monoisotopic (exact) mass is 312 g/mol. The minimum atomic E-state index is -0.518. The average Bonchev–Trinajstić information content (AvgIpc) is 2.55. The third-order valence-corrected chi connectivity index (χ3v) is 3.23.